The maximum absolute atomic E-state index is 5.01. The molecule has 0 nitrogen and oxygen atoms in total. The van der Waals surface area contributed by atoms with Crippen molar-refractivity contribution in [2.45, 2.75) is 19.1 Å². The predicted molar refractivity (Wildman–Crippen MR) is 36.4 cm³/mol. The molecule has 0 heterocycles. The molecule has 0 radical (unpaired) electrons. The van der Waals surface area contributed by atoms with E-state index in [4.69, 9.17) is 6.42 Å². The van der Waals surface area contributed by atoms with E-state index in [-0.39, 0.29) is 0 Å². The van der Waals surface area contributed by atoms with Crippen LogP contribution in [0.1, 0.15) is 13.8 Å². The Labute approximate surface area is 49.7 Å². The van der Waals surface area contributed by atoms with Crippen LogP contribution in [-0.2, 0) is 0 Å². The van der Waals surface area contributed by atoms with Gasteiger partial charge < -0.3 is 0 Å². The molecule has 0 fully saturated rings. The Morgan fingerprint density at radius 2 is 2.29 bits per heavy atom. The first-order valence-electron chi connectivity index (χ1n) is 2.32. The van der Waals surface area contributed by atoms with Gasteiger partial charge in [0.2, 0.25) is 0 Å². The van der Waals surface area contributed by atoms with Gasteiger partial charge in [-0.2, -0.15) is 0 Å². The van der Waals surface area contributed by atoms with E-state index in [1.807, 2.05) is 0 Å². The van der Waals surface area contributed by atoms with Crippen LogP contribution in [-0.4, -0.2) is 11.0 Å². The lowest BCUT2D eigenvalue weighted by atomic mass is 10.6. The molecule has 1 heteroatoms. The van der Waals surface area contributed by atoms with Crippen molar-refractivity contribution in [2.24, 2.45) is 0 Å². The van der Waals surface area contributed by atoms with Crippen molar-refractivity contribution >= 4 is 11.8 Å². The second-order valence-electron chi connectivity index (χ2n) is 1.56. The van der Waals surface area contributed by atoms with Gasteiger partial charge in [-0.1, -0.05) is 19.8 Å². The summed E-state index contributed by atoms with van der Waals surface area (Å²) in [6.07, 6.45) is 5.01. The lowest BCUT2D eigenvalue weighted by molar-refractivity contribution is 1.12. The molecule has 0 amide bonds. The predicted octanol–water partition coefficient (Wildman–Crippen LogP) is 1.76. The van der Waals surface area contributed by atoms with Crippen LogP contribution in [0.25, 0.3) is 0 Å². The van der Waals surface area contributed by atoms with Gasteiger partial charge in [0, 0.05) is 0 Å². The Morgan fingerprint density at radius 3 is 2.43 bits per heavy atom. The molecule has 0 saturated carbocycles. The van der Waals surface area contributed by atoms with E-state index >= 15 is 0 Å². The van der Waals surface area contributed by atoms with Crippen LogP contribution in [0, 0.1) is 12.3 Å². The number of rotatable bonds is 2. The molecule has 0 rings (SSSR count). The topological polar surface area (TPSA) is 0 Å². The van der Waals surface area contributed by atoms with Crippen LogP contribution in [0.4, 0.5) is 0 Å². The van der Waals surface area contributed by atoms with Crippen molar-refractivity contribution < 1.29 is 0 Å². The van der Waals surface area contributed by atoms with Crippen molar-refractivity contribution in [2.75, 3.05) is 5.75 Å². The van der Waals surface area contributed by atoms with Crippen LogP contribution < -0.4 is 0 Å². The molecule has 0 unspecified atom stereocenters. The second-order valence-corrected chi connectivity index (χ2v) is 3.13. The molecule has 0 bridgehead atoms. The van der Waals surface area contributed by atoms with Crippen molar-refractivity contribution in [3.05, 3.63) is 0 Å². The number of hydrogen-bond acceptors (Lipinski definition) is 1. The SMILES string of the molecule is C#CCSC(C)C. The molecule has 0 saturated heterocycles. The van der Waals surface area contributed by atoms with Crippen molar-refractivity contribution in [3.63, 3.8) is 0 Å². The summed E-state index contributed by atoms with van der Waals surface area (Å²) < 4.78 is 0. The van der Waals surface area contributed by atoms with E-state index in [0.717, 1.165) is 5.75 Å². The fraction of sp³-hybridized carbons (Fsp3) is 0.667. The molecule has 7 heavy (non-hydrogen) atoms. The lowest BCUT2D eigenvalue weighted by Crippen LogP contribution is -1.85. The Hall–Kier alpha value is -0.0900. The third-order valence-corrected chi connectivity index (χ3v) is 1.50. The minimum absolute atomic E-state index is 0.677. The van der Waals surface area contributed by atoms with E-state index in [0.29, 0.717) is 5.25 Å². The second kappa shape index (κ2) is 4.08. The Bertz CT molecular complexity index is 68.7. The highest BCUT2D eigenvalue weighted by Crippen LogP contribution is 2.06. The normalized spacial score (nSPS) is 8.86. The highest BCUT2D eigenvalue weighted by Gasteiger charge is 1.87. The summed E-state index contributed by atoms with van der Waals surface area (Å²) in [5.74, 6) is 3.41. The van der Waals surface area contributed by atoms with Crippen LogP contribution >= 0.6 is 11.8 Å². The lowest BCUT2D eigenvalue weighted by Gasteiger charge is -1.96. The number of hydrogen-bond donors (Lipinski definition) is 0. The summed E-state index contributed by atoms with van der Waals surface area (Å²) in [6, 6.07) is 0. The van der Waals surface area contributed by atoms with Crippen molar-refractivity contribution in [1.82, 2.24) is 0 Å². The largest absolute Gasteiger partial charge is 0.146 e. The van der Waals surface area contributed by atoms with Gasteiger partial charge in [0.25, 0.3) is 0 Å². The van der Waals surface area contributed by atoms with Crippen LogP contribution in [0.3, 0.4) is 0 Å². The fourth-order valence-corrected chi connectivity index (χ4v) is 0.644. The minimum atomic E-state index is 0.677. The molecule has 0 atom stereocenters. The average Bonchev–Trinajstić information content (AvgIpc) is 1.61. The van der Waals surface area contributed by atoms with E-state index in [1.165, 1.54) is 0 Å². The monoisotopic (exact) mass is 114 g/mol. The summed E-state index contributed by atoms with van der Waals surface area (Å²) in [5.41, 5.74) is 0. The van der Waals surface area contributed by atoms with E-state index < -0.39 is 0 Å². The summed E-state index contributed by atoms with van der Waals surface area (Å²) in [6.45, 7) is 4.28. The third kappa shape index (κ3) is 5.91. The summed E-state index contributed by atoms with van der Waals surface area (Å²) in [7, 11) is 0. The standard InChI is InChI=1S/C6H10S/c1-4-5-7-6(2)3/h1,6H,5H2,2-3H3. The molecular weight excluding hydrogens is 104 g/mol. The van der Waals surface area contributed by atoms with E-state index in [1.54, 1.807) is 11.8 Å². The average molecular weight is 114 g/mol. The Morgan fingerprint density at radius 1 is 1.71 bits per heavy atom. The molecule has 0 N–H and O–H groups in total. The molecular formula is C6H10S. The molecule has 0 aromatic rings. The van der Waals surface area contributed by atoms with Crippen molar-refractivity contribution in [3.8, 4) is 12.3 Å². The molecule has 0 aromatic heterocycles. The first-order valence-corrected chi connectivity index (χ1v) is 3.37. The molecule has 0 aliphatic carbocycles. The third-order valence-electron chi connectivity index (χ3n) is 0.500. The number of thioether (sulfide) groups is 1. The van der Waals surface area contributed by atoms with Gasteiger partial charge in [-0.15, -0.1) is 18.2 Å². The maximum atomic E-state index is 5.01. The van der Waals surface area contributed by atoms with Gasteiger partial charge >= 0.3 is 0 Å². The first kappa shape index (κ1) is 6.91. The summed E-state index contributed by atoms with van der Waals surface area (Å²) in [4.78, 5) is 0. The van der Waals surface area contributed by atoms with Gasteiger partial charge in [0.05, 0.1) is 5.75 Å². The highest BCUT2D eigenvalue weighted by atomic mass is 32.2. The van der Waals surface area contributed by atoms with Gasteiger partial charge in [-0.25, -0.2) is 0 Å². The molecule has 0 aromatic carbocycles. The molecule has 40 valence electrons. The van der Waals surface area contributed by atoms with E-state index in [2.05, 4.69) is 19.8 Å². The van der Waals surface area contributed by atoms with E-state index in [9.17, 15) is 0 Å². The van der Waals surface area contributed by atoms with Crippen LogP contribution in [0.15, 0.2) is 0 Å². The molecule has 0 spiro atoms. The molecule has 0 aliphatic heterocycles. The summed E-state index contributed by atoms with van der Waals surface area (Å²) >= 11 is 1.80. The zero-order chi connectivity index (χ0) is 5.70. The number of terminal acetylenes is 1. The minimum Gasteiger partial charge on any atom is -0.146 e. The maximum Gasteiger partial charge on any atom is 0.0547 e. The smallest absolute Gasteiger partial charge is 0.0547 e. The van der Waals surface area contributed by atoms with Crippen LogP contribution in [0.5, 0.6) is 0 Å². The zero-order valence-corrected chi connectivity index (χ0v) is 5.59. The Balaban J connectivity index is 2.86. The summed E-state index contributed by atoms with van der Waals surface area (Å²) in [5, 5.41) is 0.677. The Kier molecular flexibility index (Phi) is 4.03. The molecule has 0 aliphatic rings. The van der Waals surface area contributed by atoms with Gasteiger partial charge in [0.1, 0.15) is 0 Å². The van der Waals surface area contributed by atoms with Gasteiger partial charge in [0.15, 0.2) is 0 Å². The van der Waals surface area contributed by atoms with Crippen LogP contribution in [0.2, 0.25) is 0 Å². The van der Waals surface area contributed by atoms with Crippen molar-refractivity contribution in [1.29, 1.82) is 0 Å². The fourth-order valence-electron chi connectivity index (χ4n) is 0.215. The highest BCUT2D eigenvalue weighted by molar-refractivity contribution is 8.00. The quantitative estimate of drug-likeness (QED) is 0.493. The first-order chi connectivity index (χ1) is 3.27. The zero-order valence-electron chi connectivity index (χ0n) is 4.77. The van der Waals surface area contributed by atoms with Gasteiger partial charge in [-0.3, -0.25) is 0 Å². The van der Waals surface area contributed by atoms with Gasteiger partial charge in [-0.05, 0) is 5.25 Å².